The van der Waals surface area contributed by atoms with Gasteiger partial charge in [0.25, 0.3) is 0 Å². The minimum Gasteiger partial charge on any atom is -0.497 e. The number of nitrogens with one attached hydrogen (secondary N) is 2. The first-order valence-electron chi connectivity index (χ1n) is 6.02. The Labute approximate surface area is 120 Å². The molecule has 8 heteroatoms. The van der Waals surface area contributed by atoms with E-state index >= 15 is 0 Å². The van der Waals surface area contributed by atoms with Crippen molar-refractivity contribution in [2.45, 2.75) is 32.5 Å². The van der Waals surface area contributed by atoms with Gasteiger partial charge in [-0.3, -0.25) is 5.43 Å². The zero-order valence-corrected chi connectivity index (χ0v) is 12.1. The van der Waals surface area contributed by atoms with Crippen LogP contribution in [0.4, 0.5) is 23.7 Å². The fourth-order valence-electron chi connectivity index (χ4n) is 1.38. The van der Waals surface area contributed by atoms with Gasteiger partial charge in [-0.15, -0.1) is 0 Å². The summed E-state index contributed by atoms with van der Waals surface area (Å²) in [4.78, 5) is 11.4. The van der Waals surface area contributed by atoms with Crippen molar-refractivity contribution in [3.8, 4) is 5.75 Å². The van der Waals surface area contributed by atoms with Gasteiger partial charge in [-0.2, -0.15) is 13.2 Å². The minimum atomic E-state index is -4.52. The molecule has 0 aliphatic heterocycles. The highest BCUT2D eigenvalue weighted by Crippen LogP contribution is 2.33. The molecular formula is C13H17F3N2O3. The van der Waals surface area contributed by atoms with Gasteiger partial charge in [-0.1, -0.05) is 0 Å². The Bertz CT molecular complexity index is 510. The van der Waals surface area contributed by atoms with Gasteiger partial charge in [0.1, 0.15) is 11.4 Å². The monoisotopic (exact) mass is 306 g/mol. The summed E-state index contributed by atoms with van der Waals surface area (Å²) in [5, 5.41) is 0. The number of methoxy groups -OCH3 is 1. The van der Waals surface area contributed by atoms with Crippen LogP contribution in [-0.2, 0) is 10.9 Å². The number of halogens is 3. The van der Waals surface area contributed by atoms with Crippen molar-refractivity contribution in [2.24, 2.45) is 0 Å². The third kappa shape index (κ3) is 5.80. The number of amides is 1. The summed E-state index contributed by atoms with van der Waals surface area (Å²) in [5.74, 6) is 0.0123. The summed E-state index contributed by atoms with van der Waals surface area (Å²) >= 11 is 0. The summed E-state index contributed by atoms with van der Waals surface area (Å²) in [6, 6.07) is 3.02. The maximum Gasteiger partial charge on any atom is 0.426 e. The second-order valence-corrected chi connectivity index (χ2v) is 5.20. The van der Waals surface area contributed by atoms with E-state index in [0.717, 1.165) is 12.1 Å². The molecule has 5 nitrogen and oxygen atoms in total. The Balaban J connectivity index is 2.82. The van der Waals surface area contributed by atoms with E-state index in [-0.39, 0.29) is 11.4 Å². The molecule has 2 N–H and O–H groups in total. The van der Waals surface area contributed by atoms with Crippen LogP contribution in [0, 0.1) is 0 Å². The fourth-order valence-corrected chi connectivity index (χ4v) is 1.38. The summed E-state index contributed by atoms with van der Waals surface area (Å²) < 4.78 is 47.9. The van der Waals surface area contributed by atoms with E-state index in [2.05, 4.69) is 10.9 Å². The Morgan fingerprint density at radius 1 is 1.14 bits per heavy atom. The summed E-state index contributed by atoms with van der Waals surface area (Å²) in [6.07, 6.45) is -5.32. The highest BCUT2D eigenvalue weighted by atomic mass is 19.4. The first-order chi connectivity index (χ1) is 9.51. The van der Waals surface area contributed by atoms with Crippen molar-refractivity contribution in [1.29, 1.82) is 0 Å². The average molecular weight is 306 g/mol. The van der Waals surface area contributed by atoms with Crippen molar-refractivity contribution >= 4 is 11.8 Å². The average Bonchev–Trinajstić information content (AvgIpc) is 2.33. The Hall–Kier alpha value is -2.12. The summed E-state index contributed by atoms with van der Waals surface area (Å²) in [6.45, 7) is 5.00. The molecule has 1 amide bonds. The maximum absolute atomic E-state index is 12.7. The Morgan fingerprint density at radius 2 is 1.76 bits per heavy atom. The number of carbonyl (C=O) groups is 1. The number of hydrogen-bond donors (Lipinski definition) is 2. The van der Waals surface area contributed by atoms with Crippen LogP contribution in [0.1, 0.15) is 26.3 Å². The molecule has 21 heavy (non-hydrogen) atoms. The van der Waals surface area contributed by atoms with Crippen molar-refractivity contribution < 1.29 is 27.4 Å². The van der Waals surface area contributed by atoms with Gasteiger partial charge in [0, 0.05) is 6.07 Å². The molecule has 0 atom stereocenters. The van der Waals surface area contributed by atoms with Crippen molar-refractivity contribution in [1.82, 2.24) is 5.43 Å². The molecule has 0 aliphatic carbocycles. The van der Waals surface area contributed by atoms with Gasteiger partial charge in [0.15, 0.2) is 0 Å². The number of alkyl halides is 3. The van der Waals surface area contributed by atoms with E-state index < -0.39 is 23.4 Å². The van der Waals surface area contributed by atoms with E-state index in [1.54, 1.807) is 20.8 Å². The van der Waals surface area contributed by atoms with Crippen LogP contribution in [-0.4, -0.2) is 18.8 Å². The summed E-state index contributed by atoms with van der Waals surface area (Å²) in [5.41, 5.74) is 2.92. The van der Waals surface area contributed by atoms with Crippen LogP contribution in [0.5, 0.6) is 5.75 Å². The molecule has 0 radical (unpaired) electrons. The zero-order chi connectivity index (χ0) is 16.3. The third-order valence-electron chi connectivity index (χ3n) is 2.18. The minimum absolute atomic E-state index is 0.0123. The van der Waals surface area contributed by atoms with Gasteiger partial charge in [-0.05, 0) is 32.9 Å². The first kappa shape index (κ1) is 16.9. The normalized spacial score (nSPS) is 11.8. The Morgan fingerprint density at radius 3 is 2.24 bits per heavy atom. The predicted octanol–water partition coefficient (Wildman–Crippen LogP) is 3.57. The maximum atomic E-state index is 12.7. The van der Waals surface area contributed by atoms with Gasteiger partial charge in [0.2, 0.25) is 0 Å². The fraction of sp³-hybridized carbons (Fsp3) is 0.462. The molecule has 0 unspecified atom stereocenters. The smallest absolute Gasteiger partial charge is 0.426 e. The first-order valence-corrected chi connectivity index (χ1v) is 6.02. The van der Waals surface area contributed by atoms with Crippen LogP contribution in [0.2, 0.25) is 0 Å². The lowest BCUT2D eigenvalue weighted by atomic mass is 10.2. The van der Waals surface area contributed by atoms with E-state index in [1.165, 1.54) is 13.2 Å². The number of anilines is 1. The number of rotatable bonds is 3. The molecule has 0 aliphatic rings. The van der Waals surface area contributed by atoms with E-state index in [4.69, 9.17) is 9.47 Å². The van der Waals surface area contributed by atoms with Crippen molar-refractivity contribution in [3.63, 3.8) is 0 Å². The van der Waals surface area contributed by atoms with Crippen LogP contribution < -0.4 is 15.6 Å². The van der Waals surface area contributed by atoms with E-state index in [0.29, 0.717) is 0 Å². The van der Waals surface area contributed by atoms with Crippen molar-refractivity contribution in [2.75, 3.05) is 12.5 Å². The molecule has 1 aromatic carbocycles. The second-order valence-electron chi connectivity index (χ2n) is 5.20. The van der Waals surface area contributed by atoms with Gasteiger partial charge >= 0.3 is 12.3 Å². The van der Waals surface area contributed by atoms with Crippen LogP contribution in [0.3, 0.4) is 0 Å². The standard InChI is InChI=1S/C13H17F3N2O3/c1-12(2,3)21-11(19)18-17-9-5-8(13(14,15)16)6-10(7-9)20-4/h5-7,17H,1-4H3,(H,18,19). The topological polar surface area (TPSA) is 59.6 Å². The molecule has 0 bridgehead atoms. The van der Waals surface area contributed by atoms with Crippen molar-refractivity contribution in [3.05, 3.63) is 23.8 Å². The molecule has 1 aromatic rings. The highest BCUT2D eigenvalue weighted by Gasteiger charge is 2.31. The lowest BCUT2D eigenvalue weighted by Crippen LogP contribution is -2.35. The zero-order valence-electron chi connectivity index (χ0n) is 12.1. The van der Waals surface area contributed by atoms with E-state index in [1.807, 2.05) is 0 Å². The second kappa shape index (κ2) is 6.11. The molecule has 0 saturated heterocycles. The molecule has 1 rings (SSSR count). The number of hydrazine groups is 1. The third-order valence-corrected chi connectivity index (χ3v) is 2.18. The molecule has 0 heterocycles. The predicted molar refractivity (Wildman–Crippen MR) is 71.0 cm³/mol. The Kier molecular flexibility index (Phi) is 4.93. The molecule has 118 valence electrons. The van der Waals surface area contributed by atoms with Crippen LogP contribution in [0.15, 0.2) is 18.2 Å². The number of carbonyl (C=O) groups excluding carboxylic acids is 1. The molecule has 0 fully saturated rings. The highest BCUT2D eigenvalue weighted by molar-refractivity contribution is 5.70. The number of ether oxygens (including phenoxy) is 2. The quantitative estimate of drug-likeness (QED) is 0.838. The largest absolute Gasteiger partial charge is 0.497 e. The van der Waals surface area contributed by atoms with Gasteiger partial charge in [0.05, 0.1) is 18.4 Å². The lowest BCUT2D eigenvalue weighted by Gasteiger charge is -2.20. The molecule has 0 saturated carbocycles. The van der Waals surface area contributed by atoms with Crippen LogP contribution in [0.25, 0.3) is 0 Å². The lowest BCUT2D eigenvalue weighted by molar-refractivity contribution is -0.137. The molecular weight excluding hydrogens is 289 g/mol. The SMILES string of the molecule is COc1cc(NNC(=O)OC(C)(C)C)cc(C(F)(F)F)c1. The van der Waals surface area contributed by atoms with Crippen LogP contribution >= 0.6 is 0 Å². The van der Waals surface area contributed by atoms with E-state index in [9.17, 15) is 18.0 Å². The molecule has 0 spiro atoms. The van der Waals surface area contributed by atoms with Gasteiger partial charge in [-0.25, -0.2) is 10.2 Å². The number of hydrogen-bond acceptors (Lipinski definition) is 4. The molecule has 0 aromatic heterocycles. The van der Waals surface area contributed by atoms with Gasteiger partial charge < -0.3 is 9.47 Å². The number of benzene rings is 1. The summed E-state index contributed by atoms with van der Waals surface area (Å²) in [7, 11) is 1.25.